The topological polar surface area (TPSA) is 37.4 Å². The van der Waals surface area contributed by atoms with Gasteiger partial charge in [0.2, 0.25) is 10.0 Å². The molecule has 1 aromatic rings. The van der Waals surface area contributed by atoms with Crippen LogP contribution in [0.15, 0.2) is 40.8 Å². The molecule has 1 saturated carbocycles. The summed E-state index contributed by atoms with van der Waals surface area (Å²) in [5.41, 5.74) is 2.59. The van der Waals surface area contributed by atoms with E-state index in [0.717, 1.165) is 12.0 Å². The fraction of sp³-hybridized carbons (Fsp3) is 0.556. The Morgan fingerprint density at radius 2 is 1.77 bits per heavy atom. The SMILES string of the molecule is C/C=C1\CN(S(=O)(=O)c2ccc(C)cc2)CC12CCC2(C)C. The summed E-state index contributed by atoms with van der Waals surface area (Å²) in [4.78, 5) is 0.405. The molecule has 3 rings (SSSR count). The molecule has 0 bridgehead atoms. The van der Waals surface area contributed by atoms with Crippen molar-refractivity contribution in [1.29, 1.82) is 0 Å². The Morgan fingerprint density at radius 3 is 2.18 bits per heavy atom. The monoisotopic (exact) mass is 319 g/mol. The molecule has 22 heavy (non-hydrogen) atoms. The van der Waals surface area contributed by atoms with Gasteiger partial charge in [0.25, 0.3) is 0 Å². The van der Waals surface area contributed by atoms with E-state index >= 15 is 0 Å². The predicted molar refractivity (Wildman–Crippen MR) is 89.1 cm³/mol. The minimum atomic E-state index is -3.40. The van der Waals surface area contributed by atoms with Crippen LogP contribution in [-0.2, 0) is 10.0 Å². The largest absolute Gasteiger partial charge is 0.243 e. The maximum atomic E-state index is 12.9. The highest BCUT2D eigenvalue weighted by Crippen LogP contribution is 2.63. The molecular weight excluding hydrogens is 294 g/mol. The number of hydrogen-bond acceptors (Lipinski definition) is 2. The lowest BCUT2D eigenvalue weighted by Crippen LogP contribution is -2.50. The Bertz CT molecular complexity index is 716. The summed E-state index contributed by atoms with van der Waals surface area (Å²) in [6.07, 6.45) is 4.40. The predicted octanol–water partition coefficient (Wildman–Crippen LogP) is 3.75. The maximum Gasteiger partial charge on any atom is 0.243 e. The van der Waals surface area contributed by atoms with Gasteiger partial charge in [0.15, 0.2) is 0 Å². The lowest BCUT2D eigenvalue weighted by atomic mass is 9.49. The van der Waals surface area contributed by atoms with Gasteiger partial charge in [-0.25, -0.2) is 8.42 Å². The highest BCUT2D eigenvalue weighted by molar-refractivity contribution is 7.89. The molecule has 0 amide bonds. The fourth-order valence-corrected chi connectivity index (χ4v) is 5.49. The van der Waals surface area contributed by atoms with Crippen LogP contribution in [-0.4, -0.2) is 25.8 Å². The van der Waals surface area contributed by atoms with Crippen molar-refractivity contribution in [3.05, 3.63) is 41.5 Å². The van der Waals surface area contributed by atoms with Crippen LogP contribution in [0.4, 0.5) is 0 Å². The van der Waals surface area contributed by atoms with Gasteiger partial charge in [-0.05, 0) is 44.2 Å². The summed E-state index contributed by atoms with van der Waals surface area (Å²) < 4.78 is 27.6. The quantitative estimate of drug-likeness (QED) is 0.779. The van der Waals surface area contributed by atoms with E-state index < -0.39 is 10.0 Å². The number of nitrogens with zero attached hydrogens (tertiary/aromatic N) is 1. The zero-order valence-corrected chi connectivity index (χ0v) is 14.7. The molecule has 1 saturated heterocycles. The molecule has 1 aliphatic heterocycles. The molecule has 1 unspecified atom stereocenters. The molecular formula is C18H25NO2S. The molecule has 1 aliphatic carbocycles. The molecule has 1 atom stereocenters. The summed E-state index contributed by atoms with van der Waals surface area (Å²) in [5, 5.41) is 0. The van der Waals surface area contributed by atoms with Crippen LogP contribution < -0.4 is 0 Å². The Morgan fingerprint density at radius 1 is 1.14 bits per heavy atom. The Labute approximate surface area is 134 Å². The van der Waals surface area contributed by atoms with E-state index in [9.17, 15) is 8.42 Å². The van der Waals surface area contributed by atoms with Crippen molar-refractivity contribution in [3.8, 4) is 0 Å². The Kier molecular flexibility index (Phi) is 3.53. The summed E-state index contributed by atoms with van der Waals surface area (Å²) in [6, 6.07) is 7.17. The van der Waals surface area contributed by atoms with Gasteiger partial charge in [0.05, 0.1) is 4.90 Å². The van der Waals surface area contributed by atoms with Crippen molar-refractivity contribution in [3.63, 3.8) is 0 Å². The zero-order chi connectivity index (χ0) is 16.2. The van der Waals surface area contributed by atoms with Gasteiger partial charge < -0.3 is 0 Å². The summed E-state index contributed by atoms with van der Waals surface area (Å²) in [5.74, 6) is 0. The van der Waals surface area contributed by atoms with Gasteiger partial charge in [-0.15, -0.1) is 0 Å². The number of sulfonamides is 1. The van der Waals surface area contributed by atoms with Crippen molar-refractivity contribution in [2.24, 2.45) is 10.8 Å². The molecule has 2 fully saturated rings. The van der Waals surface area contributed by atoms with Crippen LogP contribution in [0.3, 0.4) is 0 Å². The maximum absolute atomic E-state index is 12.9. The van der Waals surface area contributed by atoms with Crippen LogP contribution >= 0.6 is 0 Å². The van der Waals surface area contributed by atoms with Crippen LogP contribution in [0, 0.1) is 17.8 Å². The first-order valence-electron chi connectivity index (χ1n) is 7.95. The molecule has 3 nitrogen and oxygen atoms in total. The van der Waals surface area contributed by atoms with E-state index in [4.69, 9.17) is 0 Å². The second-order valence-electron chi connectivity index (χ2n) is 7.37. The number of benzene rings is 1. The molecule has 4 heteroatoms. The summed E-state index contributed by atoms with van der Waals surface area (Å²) in [6.45, 7) is 9.69. The van der Waals surface area contributed by atoms with E-state index in [0.29, 0.717) is 18.0 Å². The van der Waals surface area contributed by atoms with Gasteiger partial charge >= 0.3 is 0 Å². The average molecular weight is 319 g/mol. The van der Waals surface area contributed by atoms with Crippen LogP contribution in [0.5, 0.6) is 0 Å². The van der Waals surface area contributed by atoms with E-state index in [2.05, 4.69) is 19.9 Å². The molecule has 120 valence electrons. The Hall–Kier alpha value is -1.13. The van der Waals surface area contributed by atoms with Crippen molar-refractivity contribution in [2.45, 2.75) is 45.4 Å². The van der Waals surface area contributed by atoms with Crippen molar-refractivity contribution < 1.29 is 8.42 Å². The van der Waals surface area contributed by atoms with Crippen molar-refractivity contribution >= 4 is 10.0 Å². The molecule has 2 aliphatic rings. The molecule has 0 radical (unpaired) electrons. The first-order valence-corrected chi connectivity index (χ1v) is 9.39. The molecule has 0 N–H and O–H groups in total. The van der Waals surface area contributed by atoms with Gasteiger partial charge in [-0.2, -0.15) is 4.31 Å². The van der Waals surface area contributed by atoms with E-state index in [1.54, 1.807) is 16.4 Å². The lowest BCUT2D eigenvalue weighted by Gasteiger charge is -2.55. The first-order chi connectivity index (χ1) is 10.2. The second-order valence-corrected chi connectivity index (χ2v) is 9.30. The third-order valence-electron chi connectivity index (χ3n) is 5.89. The Balaban J connectivity index is 1.96. The van der Waals surface area contributed by atoms with Crippen LogP contribution in [0.2, 0.25) is 0 Å². The number of rotatable bonds is 2. The van der Waals surface area contributed by atoms with Crippen molar-refractivity contribution in [2.75, 3.05) is 13.1 Å². The highest BCUT2D eigenvalue weighted by Gasteiger charge is 2.59. The molecule has 0 aromatic heterocycles. The standard InChI is InChI=1S/C18H25NO2S/c1-5-15-12-19(13-18(15)11-10-17(18,3)4)22(20,21)16-8-6-14(2)7-9-16/h5-9H,10-13H2,1-4H3/b15-5+. The van der Waals surface area contributed by atoms with Crippen LogP contribution in [0.1, 0.15) is 39.2 Å². The van der Waals surface area contributed by atoms with Crippen LogP contribution in [0.25, 0.3) is 0 Å². The molecule has 1 spiro atoms. The minimum absolute atomic E-state index is 0.0412. The third-order valence-corrected chi connectivity index (χ3v) is 7.69. The molecule has 1 aromatic carbocycles. The first kappa shape index (κ1) is 15.8. The van der Waals surface area contributed by atoms with Crippen molar-refractivity contribution in [1.82, 2.24) is 4.31 Å². The second kappa shape index (κ2) is 4.93. The van der Waals surface area contributed by atoms with Gasteiger partial charge in [-0.1, -0.05) is 43.2 Å². The normalized spacial score (nSPS) is 29.9. The van der Waals surface area contributed by atoms with Gasteiger partial charge in [0.1, 0.15) is 0 Å². The summed E-state index contributed by atoms with van der Waals surface area (Å²) >= 11 is 0. The third kappa shape index (κ3) is 2.08. The average Bonchev–Trinajstić information content (AvgIpc) is 2.89. The fourth-order valence-electron chi connectivity index (χ4n) is 4.01. The lowest BCUT2D eigenvalue weighted by molar-refractivity contribution is -0.00608. The summed E-state index contributed by atoms with van der Waals surface area (Å²) in [7, 11) is -3.40. The number of hydrogen-bond donors (Lipinski definition) is 0. The van der Waals surface area contributed by atoms with Gasteiger partial charge in [0, 0.05) is 18.5 Å². The number of allylic oxidation sites excluding steroid dienone is 1. The minimum Gasteiger partial charge on any atom is -0.207 e. The van der Waals surface area contributed by atoms with Gasteiger partial charge in [-0.3, -0.25) is 0 Å². The smallest absolute Gasteiger partial charge is 0.207 e. The van der Waals surface area contributed by atoms with E-state index in [1.807, 2.05) is 26.0 Å². The zero-order valence-electron chi connectivity index (χ0n) is 13.9. The highest BCUT2D eigenvalue weighted by atomic mass is 32.2. The number of aryl methyl sites for hydroxylation is 1. The van der Waals surface area contributed by atoms with E-state index in [1.165, 1.54) is 12.0 Å². The van der Waals surface area contributed by atoms with E-state index in [-0.39, 0.29) is 10.8 Å². The molecule has 1 heterocycles.